The van der Waals surface area contributed by atoms with Crippen molar-refractivity contribution >= 4 is 16.5 Å². The van der Waals surface area contributed by atoms with Crippen molar-refractivity contribution in [1.29, 1.82) is 0 Å². The van der Waals surface area contributed by atoms with Gasteiger partial charge in [0.1, 0.15) is 0 Å². The van der Waals surface area contributed by atoms with E-state index in [9.17, 15) is 5.11 Å². The second kappa shape index (κ2) is 5.17. The van der Waals surface area contributed by atoms with E-state index in [2.05, 4.69) is 11.9 Å². The highest BCUT2D eigenvalue weighted by Crippen LogP contribution is 2.38. The molecule has 1 N–H and O–H groups in total. The van der Waals surface area contributed by atoms with Crippen LogP contribution in [0.25, 0.3) is 0 Å². The third-order valence-corrected chi connectivity index (χ3v) is 5.62. The number of hydrogen-bond donors (Lipinski definition) is 1. The Balaban J connectivity index is 1.79. The number of hydrogen-bond acceptors (Lipinski definition) is 4. The van der Waals surface area contributed by atoms with Gasteiger partial charge in [0, 0.05) is 13.1 Å². The highest BCUT2D eigenvalue weighted by Gasteiger charge is 2.26. The Kier molecular flexibility index (Phi) is 3.57. The summed E-state index contributed by atoms with van der Waals surface area (Å²) in [6.45, 7) is 0. The smallest absolute Gasteiger partial charge is 0.185 e. The Morgan fingerprint density at radius 3 is 2.67 bits per heavy atom. The Bertz CT molecular complexity index is 412. The molecule has 0 radical (unpaired) electrons. The molecule has 2 aliphatic rings. The van der Waals surface area contributed by atoms with E-state index in [0.29, 0.717) is 6.04 Å². The van der Waals surface area contributed by atoms with Gasteiger partial charge in [0.15, 0.2) is 5.13 Å². The molecule has 1 aromatic heterocycles. The number of thiazole rings is 1. The van der Waals surface area contributed by atoms with Crippen LogP contribution >= 0.6 is 11.3 Å². The zero-order chi connectivity index (χ0) is 12.5. The van der Waals surface area contributed by atoms with Crippen molar-refractivity contribution in [3.8, 4) is 0 Å². The van der Waals surface area contributed by atoms with E-state index < -0.39 is 0 Å². The van der Waals surface area contributed by atoms with Crippen molar-refractivity contribution in [3.05, 3.63) is 10.6 Å². The summed E-state index contributed by atoms with van der Waals surface area (Å²) in [6.07, 6.45) is 9.43. The molecule has 1 unspecified atom stereocenters. The fourth-order valence-electron chi connectivity index (χ4n) is 3.16. The van der Waals surface area contributed by atoms with Crippen LogP contribution in [-0.4, -0.2) is 23.2 Å². The fraction of sp³-hybridized carbons (Fsp3) is 0.786. The van der Waals surface area contributed by atoms with Gasteiger partial charge in [-0.3, -0.25) is 0 Å². The third kappa shape index (κ3) is 2.28. The second-order valence-corrected chi connectivity index (χ2v) is 6.63. The first-order chi connectivity index (χ1) is 8.75. The average Bonchev–Trinajstić information content (AvgIpc) is 2.84. The van der Waals surface area contributed by atoms with Gasteiger partial charge in [-0.1, -0.05) is 30.6 Å². The van der Waals surface area contributed by atoms with E-state index in [1.54, 1.807) is 11.3 Å². The molecule has 18 heavy (non-hydrogen) atoms. The predicted octanol–water partition coefficient (Wildman–Crippen LogP) is 3.28. The van der Waals surface area contributed by atoms with Crippen LogP contribution in [0.5, 0.6) is 0 Å². The normalized spacial score (nSPS) is 24.9. The number of fused-ring (bicyclic) bond motifs is 1. The summed E-state index contributed by atoms with van der Waals surface area (Å²) in [5.74, 6) is 0. The molecule has 0 aliphatic heterocycles. The maximum Gasteiger partial charge on any atom is 0.185 e. The fourth-order valence-corrected chi connectivity index (χ4v) is 4.32. The lowest BCUT2D eigenvalue weighted by Crippen LogP contribution is -2.33. The van der Waals surface area contributed by atoms with Crippen molar-refractivity contribution < 1.29 is 5.11 Å². The summed E-state index contributed by atoms with van der Waals surface area (Å²) < 4.78 is 0. The Morgan fingerprint density at radius 1 is 1.17 bits per heavy atom. The zero-order valence-electron chi connectivity index (χ0n) is 11.1. The molecule has 3 nitrogen and oxygen atoms in total. The molecule has 1 saturated carbocycles. The van der Waals surface area contributed by atoms with Crippen LogP contribution in [0.3, 0.4) is 0 Å². The molecule has 0 spiro atoms. The van der Waals surface area contributed by atoms with Crippen LogP contribution in [-0.2, 0) is 6.42 Å². The number of aliphatic hydroxyl groups is 1. The minimum absolute atomic E-state index is 0.264. The van der Waals surface area contributed by atoms with Crippen LogP contribution in [0, 0.1) is 0 Å². The summed E-state index contributed by atoms with van der Waals surface area (Å²) in [5.41, 5.74) is 1.15. The van der Waals surface area contributed by atoms with Crippen molar-refractivity contribution in [2.75, 3.05) is 11.9 Å². The van der Waals surface area contributed by atoms with Gasteiger partial charge in [-0.15, -0.1) is 0 Å². The van der Waals surface area contributed by atoms with Gasteiger partial charge in [-0.25, -0.2) is 4.98 Å². The first-order valence-corrected chi connectivity index (χ1v) is 7.98. The highest BCUT2D eigenvalue weighted by molar-refractivity contribution is 7.15. The van der Waals surface area contributed by atoms with Crippen LogP contribution in [0.4, 0.5) is 5.13 Å². The van der Waals surface area contributed by atoms with Crippen molar-refractivity contribution in [3.63, 3.8) is 0 Å². The lowest BCUT2D eigenvalue weighted by Gasteiger charge is -2.30. The number of aliphatic hydroxyl groups excluding tert-OH is 1. The van der Waals surface area contributed by atoms with Gasteiger partial charge < -0.3 is 10.0 Å². The Morgan fingerprint density at radius 2 is 1.94 bits per heavy atom. The maximum absolute atomic E-state index is 10.0. The molecule has 1 aromatic rings. The van der Waals surface area contributed by atoms with Crippen molar-refractivity contribution in [1.82, 2.24) is 4.98 Å². The number of rotatable bonds is 2. The van der Waals surface area contributed by atoms with Gasteiger partial charge in [0.2, 0.25) is 0 Å². The summed E-state index contributed by atoms with van der Waals surface area (Å²) in [6, 6.07) is 0.656. The molecule has 3 rings (SSSR count). The summed E-state index contributed by atoms with van der Waals surface area (Å²) >= 11 is 1.71. The third-order valence-electron chi connectivity index (χ3n) is 4.33. The summed E-state index contributed by atoms with van der Waals surface area (Å²) in [5, 5.41) is 11.1. The topological polar surface area (TPSA) is 36.4 Å². The zero-order valence-corrected chi connectivity index (χ0v) is 11.9. The van der Waals surface area contributed by atoms with E-state index in [0.717, 1.165) is 35.0 Å². The van der Waals surface area contributed by atoms with Crippen LogP contribution in [0.15, 0.2) is 0 Å². The standard InChI is InChI=1S/C14H22N2OS/c1-16(10-6-3-2-4-7-10)14-15-11-8-5-9-12(17)13(11)18-14/h10,12,17H,2-9H2,1H3. The van der Waals surface area contributed by atoms with Gasteiger partial charge in [0.25, 0.3) is 0 Å². The van der Waals surface area contributed by atoms with Crippen LogP contribution < -0.4 is 4.90 Å². The molecule has 0 amide bonds. The molecule has 0 bridgehead atoms. The minimum atomic E-state index is -0.264. The number of aryl methyl sites for hydroxylation is 1. The first kappa shape index (κ1) is 12.4. The number of nitrogens with zero attached hydrogens (tertiary/aromatic N) is 2. The quantitative estimate of drug-likeness (QED) is 0.892. The molecule has 2 aliphatic carbocycles. The predicted molar refractivity (Wildman–Crippen MR) is 75.3 cm³/mol. The molecule has 1 atom stereocenters. The van der Waals surface area contributed by atoms with E-state index in [-0.39, 0.29) is 6.10 Å². The Labute approximate surface area is 113 Å². The molecule has 0 saturated heterocycles. The first-order valence-electron chi connectivity index (χ1n) is 7.16. The molecule has 1 heterocycles. The van der Waals surface area contributed by atoms with Gasteiger partial charge >= 0.3 is 0 Å². The van der Waals surface area contributed by atoms with E-state index in [1.807, 2.05) is 0 Å². The SMILES string of the molecule is CN(c1nc2c(s1)C(O)CCC2)C1CCCCC1. The molecular formula is C14H22N2OS. The second-order valence-electron chi connectivity index (χ2n) is 5.62. The Hall–Kier alpha value is -0.610. The van der Waals surface area contributed by atoms with Gasteiger partial charge in [0.05, 0.1) is 16.7 Å². The van der Waals surface area contributed by atoms with Gasteiger partial charge in [-0.05, 0) is 32.1 Å². The molecule has 100 valence electrons. The van der Waals surface area contributed by atoms with E-state index >= 15 is 0 Å². The lowest BCUT2D eigenvalue weighted by molar-refractivity contribution is 0.160. The van der Waals surface area contributed by atoms with Crippen LogP contribution in [0.1, 0.15) is 61.6 Å². The molecule has 4 heteroatoms. The largest absolute Gasteiger partial charge is 0.388 e. The van der Waals surface area contributed by atoms with Crippen molar-refractivity contribution in [2.24, 2.45) is 0 Å². The van der Waals surface area contributed by atoms with E-state index in [4.69, 9.17) is 4.98 Å². The molecule has 0 aromatic carbocycles. The van der Waals surface area contributed by atoms with Crippen LogP contribution in [0.2, 0.25) is 0 Å². The lowest BCUT2D eigenvalue weighted by atomic mass is 9.95. The molecular weight excluding hydrogens is 244 g/mol. The van der Waals surface area contributed by atoms with Crippen molar-refractivity contribution in [2.45, 2.75) is 63.5 Å². The maximum atomic E-state index is 10.0. The van der Waals surface area contributed by atoms with E-state index in [1.165, 1.54) is 32.1 Å². The van der Waals surface area contributed by atoms with Gasteiger partial charge in [-0.2, -0.15) is 0 Å². The number of aromatic nitrogens is 1. The average molecular weight is 266 g/mol. The number of anilines is 1. The highest BCUT2D eigenvalue weighted by atomic mass is 32.1. The minimum Gasteiger partial charge on any atom is -0.388 e. The summed E-state index contributed by atoms with van der Waals surface area (Å²) in [7, 11) is 2.17. The monoisotopic (exact) mass is 266 g/mol. The molecule has 1 fully saturated rings. The summed E-state index contributed by atoms with van der Waals surface area (Å²) in [4.78, 5) is 8.24.